The van der Waals surface area contributed by atoms with Crippen molar-refractivity contribution in [2.75, 3.05) is 6.54 Å². The van der Waals surface area contributed by atoms with Crippen LogP contribution >= 0.6 is 0 Å². The summed E-state index contributed by atoms with van der Waals surface area (Å²) in [5.74, 6) is 0.966. The first kappa shape index (κ1) is 19.2. The summed E-state index contributed by atoms with van der Waals surface area (Å²) in [6, 6.07) is 19.0. The smallest absolute Gasteiger partial charge is 0.220 e. The Morgan fingerprint density at radius 2 is 1.67 bits per heavy atom. The number of hydrogen-bond acceptors (Lipinski definition) is 1. The van der Waals surface area contributed by atoms with Gasteiger partial charge in [-0.15, -0.1) is 0 Å². The topological polar surface area (TPSA) is 34.0 Å². The van der Waals surface area contributed by atoms with Crippen LogP contribution in [0.25, 0.3) is 10.9 Å². The number of carbonyl (C=O) groups excluding carboxylic acids is 1. The summed E-state index contributed by atoms with van der Waals surface area (Å²) in [5, 5.41) is 4.34. The van der Waals surface area contributed by atoms with Gasteiger partial charge in [0.15, 0.2) is 0 Å². The molecule has 1 aromatic heterocycles. The quantitative estimate of drug-likeness (QED) is 0.614. The Balaban J connectivity index is 1.97. The van der Waals surface area contributed by atoms with Gasteiger partial charge in [0.2, 0.25) is 5.91 Å². The number of amides is 1. The van der Waals surface area contributed by atoms with E-state index < -0.39 is 0 Å². The first-order valence-corrected chi connectivity index (χ1v) is 9.83. The van der Waals surface area contributed by atoms with Crippen molar-refractivity contribution in [2.24, 2.45) is 13.0 Å². The van der Waals surface area contributed by atoms with E-state index in [4.69, 9.17) is 0 Å². The Bertz CT molecular complexity index is 895. The number of nitrogens with zero attached hydrogens (tertiary/aromatic N) is 1. The molecule has 0 aliphatic carbocycles. The number of fused-ring (bicyclic) bond motifs is 1. The van der Waals surface area contributed by atoms with Crippen LogP contribution in [0.5, 0.6) is 0 Å². The third kappa shape index (κ3) is 4.41. The van der Waals surface area contributed by atoms with Gasteiger partial charge < -0.3 is 9.88 Å². The fourth-order valence-corrected chi connectivity index (χ4v) is 3.80. The van der Waals surface area contributed by atoms with Crippen molar-refractivity contribution in [3.63, 3.8) is 0 Å². The van der Waals surface area contributed by atoms with Gasteiger partial charge in [-0.25, -0.2) is 0 Å². The van der Waals surface area contributed by atoms with Crippen LogP contribution < -0.4 is 5.32 Å². The molecule has 142 valence electrons. The lowest BCUT2D eigenvalue weighted by molar-refractivity contribution is -0.121. The zero-order valence-corrected chi connectivity index (χ0v) is 16.8. The third-order valence-electron chi connectivity index (χ3n) is 5.37. The molecule has 0 spiro atoms. The molecule has 1 amide bonds. The Morgan fingerprint density at radius 3 is 2.37 bits per heavy atom. The Hall–Kier alpha value is -2.55. The molecule has 0 bridgehead atoms. The van der Waals surface area contributed by atoms with Crippen LogP contribution in [0, 0.1) is 5.92 Å². The standard InChI is InChI=1S/C24H30N2O/c1-17(2)15-25-24(27)14-21(18(3)19-10-6-5-7-11-19)22-16-26(4)23-13-9-8-12-20(22)23/h5-13,16-18,21H,14-15H2,1-4H3,(H,25,27)/t18-,21-/m1/s1. The van der Waals surface area contributed by atoms with Gasteiger partial charge in [0.1, 0.15) is 0 Å². The lowest BCUT2D eigenvalue weighted by Crippen LogP contribution is -2.29. The summed E-state index contributed by atoms with van der Waals surface area (Å²) in [6.45, 7) is 7.20. The summed E-state index contributed by atoms with van der Waals surface area (Å²) >= 11 is 0. The highest BCUT2D eigenvalue weighted by atomic mass is 16.1. The fourth-order valence-electron chi connectivity index (χ4n) is 3.80. The lowest BCUT2D eigenvalue weighted by Gasteiger charge is -2.24. The van der Waals surface area contributed by atoms with Crippen LogP contribution in [0.3, 0.4) is 0 Å². The molecule has 3 nitrogen and oxygen atoms in total. The molecule has 3 aromatic rings. The van der Waals surface area contributed by atoms with Crippen molar-refractivity contribution in [2.45, 2.75) is 39.0 Å². The van der Waals surface area contributed by atoms with E-state index in [0.717, 1.165) is 6.54 Å². The van der Waals surface area contributed by atoms with Crippen molar-refractivity contribution >= 4 is 16.8 Å². The predicted octanol–water partition coefficient (Wildman–Crippen LogP) is 5.23. The van der Waals surface area contributed by atoms with Crippen molar-refractivity contribution in [3.8, 4) is 0 Å². The molecule has 27 heavy (non-hydrogen) atoms. The van der Waals surface area contributed by atoms with Crippen molar-refractivity contribution in [1.29, 1.82) is 0 Å². The van der Waals surface area contributed by atoms with Crippen LogP contribution in [0.15, 0.2) is 60.8 Å². The van der Waals surface area contributed by atoms with Gasteiger partial charge in [-0.3, -0.25) is 4.79 Å². The predicted molar refractivity (Wildman–Crippen MR) is 113 cm³/mol. The van der Waals surface area contributed by atoms with Gasteiger partial charge in [0.25, 0.3) is 0 Å². The SMILES string of the molecule is CC(C)CNC(=O)C[C@@H](c1cn(C)c2ccccc12)[C@H](C)c1ccccc1. The van der Waals surface area contributed by atoms with Gasteiger partial charge in [-0.1, -0.05) is 69.3 Å². The highest BCUT2D eigenvalue weighted by Gasteiger charge is 2.26. The lowest BCUT2D eigenvalue weighted by atomic mass is 9.80. The minimum absolute atomic E-state index is 0.129. The zero-order valence-electron chi connectivity index (χ0n) is 16.8. The average molecular weight is 363 g/mol. The minimum Gasteiger partial charge on any atom is -0.356 e. The van der Waals surface area contributed by atoms with E-state index in [0.29, 0.717) is 12.3 Å². The van der Waals surface area contributed by atoms with Crippen molar-refractivity contribution in [1.82, 2.24) is 9.88 Å². The maximum absolute atomic E-state index is 12.7. The molecule has 0 aliphatic rings. The van der Waals surface area contributed by atoms with Gasteiger partial charge in [0.05, 0.1) is 0 Å². The minimum atomic E-state index is 0.129. The summed E-state index contributed by atoms with van der Waals surface area (Å²) < 4.78 is 2.17. The molecule has 3 rings (SSSR count). The number of benzene rings is 2. The normalized spacial score (nSPS) is 13.7. The molecule has 1 heterocycles. The van der Waals surface area contributed by atoms with Crippen molar-refractivity contribution in [3.05, 3.63) is 71.9 Å². The maximum atomic E-state index is 12.7. The highest BCUT2D eigenvalue weighted by molar-refractivity contribution is 5.86. The molecule has 0 saturated carbocycles. The zero-order chi connectivity index (χ0) is 19.4. The van der Waals surface area contributed by atoms with Crippen LogP contribution in [0.1, 0.15) is 50.2 Å². The molecule has 3 heteroatoms. The molecule has 1 N–H and O–H groups in total. The van der Waals surface area contributed by atoms with E-state index in [-0.39, 0.29) is 17.7 Å². The van der Waals surface area contributed by atoms with Gasteiger partial charge in [-0.05, 0) is 29.0 Å². The number of para-hydroxylation sites is 1. The number of rotatable bonds is 7. The molecule has 0 unspecified atom stereocenters. The van der Waals surface area contributed by atoms with Crippen LogP contribution in [-0.4, -0.2) is 17.0 Å². The van der Waals surface area contributed by atoms with E-state index in [1.54, 1.807) is 0 Å². The van der Waals surface area contributed by atoms with E-state index in [9.17, 15) is 4.79 Å². The molecule has 2 atom stereocenters. The Morgan fingerprint density at radius 1 is 1.00 bits per heavy atom. The summed E-state index contributed by atoms with van der Waals surface area (Å²) in [7, 11) is 2.08. The largest absolute Gasteiger partial charge is 0.356 e. The molecular formula is C24H30N2O. The third-order valence-corrected chi connectivity index (χ3v) is 5.37. The van der Waals surface area contributed by atoms with Gasteiger partial charge in [0, 0.05) is 43.0 Å². The molecule has 2 aromatic carbocycles. The summed E-state index contributed by atoms with van der Waals surface area (Å²) in [5.41, 5.74) is 3.73. The first-order chi connectivity index (χ1) is 13.0. The van der Waals surface area contributed by atoms with E-state index in [1.807, 2.05) is 6.07 Å². The van der Waals surface area contributed by atoms with Crippen LogP contribution in [0.2, 0.25) is 0 Å². The number of aryl methyl sites for hydroxylation is 1. The second kappa shape index (κ2) is 8.43. The number of nitrogens with one attached hydrogen (secondary N) is 1. The van der Waals surface area contributed by atoms with Crippen LogP contribution in [-0.2, 0) is 11.8 Å². The number of aromatic nitrogens is 1. The molecule has 0 radical (unpaired) electrons. The fraction of sp³-hybridized carbons (Fsp3) is 0.375. The Kier molecular flexibility index (Phi) is 6.00. The molecule has 0 fully saturated rings. The van der Waals surface area contributed by atoms with Crippen LogP contribution in [0.4, 0.5) is 0 Å². The second-order valence-electron chi connectivity index (χ2n) is 7.92. The molecule has 0 aliphatic heterocycles. The number of hydrogen-bond donors (Lipinski definition) is 1. The monoisotopic (exact) mass is 362 g/mol. The first-order valence-electron chi connectivity index (χ1n) is 9.83. The van der Waals surface area contributed by atoms with Gasteiger partial charge >= 0.3 is 0 Å². The molecular weight excluding hydrogens is 332 g/mol. The molecule has 0 saturated heterocycles. The average Bonchev–Trinajstić information content (AvgIpc) is 3.01. The highest BCUT2D eigenvalue weighted by Crippen LogP contribution is 2.39. The number of carbonyl (C=O) groups is 1. The Labute approximate surface area is 162 Å². The maximum Gasteiger partial charge on any atom is 0.220 e. The van der Waals surface area contributed by atoms with Gasteiger partial charge in [-0.2, -0.15) is 0 Å². The second-order valence-corrected chi connectivity index (χ2v) is 7.92. The van der Waals surface area contributed by atoms with Crippen molar-refractivity contribution < 1.29 is 4.79 Å². The van der Waals surface area contributed by atoms with E-state index in [2.05, 4.69) is 92.4 Å². The van der Waals surface area contributed by atoms with E-state index >= 15 is 0 Å². The summed E-state index contributed by atoms with van der Waals surface area (Å²) in [4.78, 5) is 12.7. The van der Waals surface area contributed by atoms with E-state index in [1.165, 1.54) is 22.0 Å². The summed E-state index contributed by atoms with van der Waals surface area (Å²) in [6.07, 6.45) is 2.70.